The van der Waals surface area contributed by atoms with E-state index < -0.39 is 0 Å². The van der Waals surface area contributed by atoms with Gasteiger partial charge in [-0.1, -0.05) is 13.8 Å². The SMILES string of the molecule is CCNC(=NCC(C)(C)CO)NC1CCc2nc(COC)nn2C1.I. The molecule has 0 fully saturated rings. The first-order valence-electron chi connectivity index (χ1n) is 8.54. The third kappa shape index (κ3) is 6.70. The molecule has 0 radical (unpaired) electrons. The van der Waals surface area contributed by atoms with Crippen LogP contribution < -0.4 is 10.6 Å². The second-order valence-electron chi connectivity index (χ2n) is 6.96. The van der Waals surface area contributed by atoms with Crippen molar-refractivity contribution in [1.29, 1.82) is 0 Å². The number of aliphatic imine (C=N–C) groups is 1. The van der Waals surface area contributed by atoms with Crippen molar-refractivity contribution in [2.45, 2.75) is 52.8 Å². The molecule has 3 N–H and O–H groups in total. The molecule has 25 heavy (non-hydrogen) atoms. The quantitative estimate of drug-likeness (QED) is 0.315. The predicted molar refractivity (Wildman–Crippen MR) is 108 cm³/mol. The molecule has 0 spiro atoms. The van der Waals surface area contributed by atoms with E-state index in [-0.39, 0.29) is 42.0 Å². The Balaban J connectivity index is 0.00000312. The minimum atomic E-state index is -0.219. The van der Waals surface area contributed by atoms with Crippen molar-refractivity contribution >= 4 is 29.9 Å². The smallest absolute Gasteiger partial charge is 0.191 e. The summed E-state index contributed by atoms with van der Waals surface area (Å²) in [4.78, 5) is 9.11. The number of hydrogen-bond acceptors (Lipinski definition) is 5. The third-order valence-corrected chi connectivity index (χ3v) is 3.95. The molecule has 144 valence electrons. The molecule has 1 aliphatic rings. The molecule has 2 rings (SSSR count). The van der Waals surface area contributed by atoms with Crippen molar-refractivity contribution in [1.82, 2.24) is 25.4 Å². The van der Waals surface area contributed by atoms with Gasteiger partial charge in [-0.05, 0) is 13.3 Å². The van der Waals surface area contributed by atoms with E-state index in [9.17, 15) is 5.11 Å². The van der Waals surface area contributed by atoms with Crippen LogP contribution in [0.3, 0.4) is 0 Å². The van der Waals surface area contributed by atoms with Crippen LogP contribution in [0.4, 0.5) is 0 Å². The number of guanidine groups is 1. The van der Waals surface area contributed by atoms with E-state index in [0.29, 0.717) is 13.2 Å². The van der Waals surface area contributed by atoms with Gasteiger partial charge in [0, 0.05) is 38.1 Å². The Morgan fingerprint density at radius 2 is 2.24 bits per heavy atom. The molecular weight excluding hydrogens is 435 g/mol. The van der Waals surface area contributed by atoms with E-state index in [2.05, 4.69) is 25.7 Å². The summed E-state index contributed by atoms with van der Waals surface area (Å²) >= 11 is 0. The lowest BCUT2D eigenvalue weighted by molar-refractivity contribution is 0.167. The molecule has 9 heteroatoms. The first-order chi connectivity index (χ1) is 11.5. The highest BCUT2D eigenvalue weighted by atomic mass is 127. The summed E-state index contributed by atoms with van der Waals surface area (Å²) in [7, 11) is 1.65. The third-order valence-electron chi connectivity index (χ3n) is 3.95. The zero-order chi connectivity index (χ0) is 17.6. The number of aliphatic hydroxyl groups is 1. The molecule has 1 unspecified atom stereocenters. The molecule has 2 heterocycles. The number of aliphatic hydroxyl groups excluding tert-OH is 1. The van der Waals surface area contributed by atoms with E-state index in [1.165, 1.54) is 0 Å². The highest BCUT2D eigenvalue weighted by molar-refractivity contribution is 14.0. The summed E-state index contributed by atoms with van der Waals surface area (Å²) in [5.74, 6) is 2.53. The number of nitrogens with zero attached hydrogens (tertiary/aromatic N) is 4. The molecule has 0 aromatic carbocycles. The topological polar surface area (TPSA) is 96.6 Å². The molecule has 0 amide bonds. The molecule has 0 bridgehead atoms. The van der Waals surface area contributed by atoms with Gasteiger partial charge in [0.05, 0.1) is 13.1 Å². The molecule has 1 aliphatic heterocycles. The van der Waals surface area contributed by atoms with Crippen LogP contribution in [0.15, 0.2) is 4.99 Å². The number of hydrogen-bond donors (Lipinski definition) is 3. The van der Waals surface area contributed by atoms with Gasteiger partial charge in [-0.25, -0.2) is 9.67 Å². The zero-order valence-corrected chi connectivity index (χ0v) is 17.9. The Morgan fingerprint density at radius 1 is 1.48 bits per heavy atom. The lowest BCUT2D eigenvalue weighted by atomic mass is 9.95. The van der Waals surface area contributed by atoms with Crippen molar-refractivity contribution in [3.63, 3.8) is 0 Å². The fourth-order valence-corrected chi connectivity index (χ4v) is 2.53. The van der Waals surface area contributed by atoms with E-state index in [1.54, 1.807) is 7.11 Å². The lowest BCUT2D eigenvalue weighted by Crippen LogP contribution is -2.47. The normalized spacial score (nSPS) is 17.6. The number of rotatable bonds is 7. The number of aromatic nitrogens is 3. The van der Waals surface area contributed by atoms with Gasteiger partial charge in [-0.2, -0.15) is 5.10 Å². The summed E-state index contributed by atoms with van der Waals surface area (Å²) in [6.45, 7) is 8.73. The first kappa shape index (κ1) is 22.1. The van der Waals surface area contributed by atoms with E-state index in [0.717, 1.165) is 43.5 Å². The van der Waals surface area contributed by atoms with Gasteiger partial charge in [0.15, 0.2) is 11.8 Å². The summed E-state index contributed by atoms with van der Waals surface area (Å²) in [5.41, 5.74) is -0.219. The van der Waals surface area contributed by atoms with E-state index >= 15 is 0 Å². The Labute approximate surface area is 166 Å². The van der Waals surface area contributed by atoms with Crippen LogP contribution in [0.1, 0.15) is 38.8 Å². The van der Waals surface area contributed by atoms with E-state index in [4.69, 9.17) is 4.74 Å². The van der Waals surface area contributed by atoms with Crippen molar-refractivity contribution < 1.29 is 9.84 Å². The highest BCUT2D eigenvalue weighted by Crippen LogP contribution is 2.15. The molecule has 8 nitrogen and oxygen atoms in total. The van der Waals surface area contributed by atoms with Crippen LogP contribution in [0.2, 0.25) is 0 Å². The lowest BCUT2D eigenvalue weighted by Gasteiger charge is -2.26. The summed E-state index contributed by atoms with van der Waals surface area (Å²) in [6, 6.07) is 0.254. The van der Waals surface area contributed by atoms with Crippen LogP contribution in [-0.2, 0) is 24.3 Å². The fraction of sp³-hybridized carbons (Fsp3) is 0.812. The maximum absolute atomic E-state index is 9.37. The molecule has 0 saturated carbocycles. The maximum atomic E-state index is 9.37. The molecule has 1 aromatic rings. The minimum absolute atomic E-state index is 0. The largest absolute Gasteiger partial charge is 0.396 e. The Morgan fingerprint density at radius 3 is 2.88 bits per heavy atom. The van der Waals surface area contributed by atoms with Gasteiger partial charge in [0.25, 0.3) is 0 Å². The van der Waals surface area contributed by atoms with E-state index in [1.807, 2.05) is 25.5 Å². The number of ether oxygens (including phenoxy) is 1. The second-order valence-corrected chi connectivity index (χ2v) is 6.96. The number of halogens is 1. The number of aryl methyl sites for hydroxylation is 1. The molecule has 0 saturated heterocycles. The molecule has 1 aromatic heterocycles. The minimum Gasteiger partial charge on any atom is -0.396 e. The fourth-order valence-electron chi connectivity index (χ4n) is 2.53. The molecule has 0 aliphatic carbocycles. The molecule has 1 atom stereocenters. The average molecular weight is 466 g/mol. The Bertz CT molecular complexity index is 561. The maximum Gasteiger partial charge on any atom is 0.191 e. The zero-order valence-electron chi connectivity index (χ0n) is 15.6. The van der Waals surface area contributed by atoms with Gasteiger partial charge in [0.1, 0.15) is 12.4 Å². The van der Waals surface area contributed by atoms with Gasteiger partial charge in [0.2, 0.25) is 0 Å². The number of nitrogens with one attached hydrogen (secondary N) is 2. The van der Waals surface area contributed by atoms with Gasteiger partial charge < -0.3 is 20.5 Å². The summed E-state index contributed by atoms with van der Waals surface area (Å²) in [5, 5.41) is 20.6. The van der Waals surface area contributed by atoms with Crippen molar-refractivity contribution in [3.8, 4) is 0 Å². The Kier molecular flexibility index (Phi) is 9.08. The summed E-state index contributed by atoms with van der Waals surface area (Å²) in [6.07, 6.45) is 1.87. The number of fused-ring (bicyclic) bond motifs is 1. The number of methoxy groups -OCH3 is 1. The van der Waals surface area contributed by atoms with Crippen LogP contribution in [0.25, 0.3) is 0 Å². The first-order valence-corrected chi connectivity index (χ1v) is 8.54. The highest BCUT2D eigenvalue weighted by Gasteiger charge is 2.23. The van der Waals surface area contributed by atoms with Crippen LogP contribution in [0.5, 0.6) is 0 Å². The molecular formula is C16H31IN6O2. The second kappa shape index (κ2) is 10.3. The monoisotopic (exact) mass is 466 g/mol. The van der Waals surface area contributed by atoms with Gasteiger partial charge >= 0.3 is 0 Å². The van der Waals surface area contributed by atoms with Crippen molar-refractivity contribution in [3.05, 3.63) is 11.6 Å². The van der Waals surface area contributed by atoms with Gasteiger partial charge in [-0.15, -0.1) is 24.0 Å². The average Bonchev–Trinajstić information content (AvgIpc) is 2.95. The van der Waals surface area contributed by atoms with Crippen LogP contribution in [0, 0.1) is 5.41 Å². The van der Waals surface area contributed by atoms with Crippen molar-refractivity contribution in [2.75, 3.05) is 26.8 Å². The Hall–Kier alpha value is -0.940. The predicted octanol–water partition coefficient (Wildman–Crippen LogP) is 0.931. The van der Waals surface area contributed by atoms with Crippen LogP contribution >= 0.6 is 24.0 Å². The van der Waals surface area contributed by atoms with Crippen molar-refractivity contribution in [2.24, 2.45) is 10.4 Å². The standard InChI is InChI=1S/C16H30N6O2.HI/c1-5-17-15(18-10-16(2,3)11-23)19-12-6-7-14-20-13(9-24-4)21-22(14)8-12;/h12,23H,5-11H2,1-4H3,(H2,17,18,19);1H. The van der Waals surface area contributed by atoms with Crippen LogP contribution in [-0.4, -0.2) is 58.7 Å². The van der Waals surface area contributed by atoms with Gasteiger partial charge in [-0.3, -0.25) is 4.99 Å². The summed E-state index contributed by atoms with van der Waals surface area (Å²) < 4.78 is 7.05.